The number of aliphatic hydroxyl groups is 1. The Bertz CT molecular complexity index is 1010. The lowest BCUT2D eigenvalue weighted by molar-refractivity contribution is -0.149. The van der Waals surface area contributed by atoms with Crippen LogP contribution in [0.1, 0.15) is 43.2 Å². The fraction of sp³-hybridized carbons (Fsp3) is 0.500. The zero-order chi connectivity index (χ0) is 24.3. The highest BCUT2D eigenvalue weighted by atomic mass is 35.5. The smallest absolute Gasteiger partial charge is 0.257 e. The molecule has 2 aromatic carbocycles. The molecule has 1 saturated heterocycles. The van der Waals surface area contributed by atoms with Crippen LogP contribution in [-0.4, -0.2) is 48.1 Å². The molecule has 0 aromatic heterocycles. The molecule has 36 heavy (non-hydrogen) atoms. The van der Waals surface area contributed by atoms with Gasteiger partial charge in [-0.3, -0.25) is 9.69 Å². The third-order valence-electron chi connectivity index (χ3n) is 7.11. The van der Waals surface area contributed by atoms with Crippen LogP contribution in [-0.2, 0) is 16.9 Å². The molecule has 0 bridgehead atoms. The van der Waals surface area contributed by atoms with Crippen LogP contribution in [0.15, 0.2) is 48.5 Å². The minimum atomic E-state index is -2.86. The van der Waals surface area contributed by atoms with E-state index < -0.39 is 29.8 Å². The van der Waals surface area contributed by atoms with Crippen molar-refractivity contribution in [3.63, 3.8) is 0 Å². The van der Waals surface area contributed by atoms with Crippen LogP contribution < -0.4 is 15.8 Å². The van der Waals surface area contributed by atoms with E-state index in [0.29, 0.717) is 30.6 Å². The molecule has 2 aromatic rings. The summed E-state index contributed by atoms with van der Waals surface area (Å²) in [7, 11) is 1.61. The summed E-state index contributed by atoms with van der Waals surface area (Å²) in [5, 5.41) is 14.5. The summed E-state index contributed by atoms with van der Waals surface area (Å²) >= 11 is 0. The third-order valence-corrected chi connectivity index (χ3v) is 7.11. The van der Waals surface area contributed by atoms with Gasteiger partial charge in [0, 0.05) is 56.2 Å². The van der Waals surface area contributed by atoms with Gasteiger partial charge < -0.3 is 20.9 Å². The maximum atomic E-state index is 14.0. The van der Waals surface area contributed by atoms with Crippen molar-refractivity contribution in [3.8, 4) is 5.75 Å². The number of amides is 1. The summed E-state index contributed by atoms with van der Waals surface area (Å²) in [5.41, 5.74) is 6.05. The van der Waals surface area contributed by atoms with Gasteiger partial charge >= 0.3 is 0 Å². The Labute approximate surface area is 223 Å². The van der Waals surface area contributed by atoms with Crippen molar-refractivity contribution >= 4 is 36.4 Å². The Morgan fingerprint density at radius 3 is 2.42 bits per heavy atom. The zero-order valence-corrected chi connectivity index (χ0v) is 21.9. The lowest BCUT2D eigenvalue weighted by Gasteiger charge is -2.37. The second-order valence-corrected chi connectivity index (χ2v) is 9.57. The van der Waals surface area contributed by atoms with Crippen molar-refractivity contribution in [1.82, 2.24) is 10.2 Å². The van der Waals surface area contributed by atoms with Crippen LogP contribution in [0.5, 0.6) is 5.75 Å². The number of likely N-dealkylation sites (tertiary alicyclic amines) is 1. The van der Waals surface area contributed by atoms with Crippen LogP contribution >= 0.6 is 24.8 Å². The van der Waals surface area contributed by atoms with Gasteiger partial charge in [-0.05, 0) is 42.5 Å². The Morgan fingerprint density at radius 1 is 1.17 bits per heavy atom. The SMILES string of the molecule is COc1cc(N)cc(CN2CCC(NC(=O)C(O)(c3ccccc3)[C@@H]3CCC(F)(F)C3)CC2)c1.Cl.Cl. The van der Waals surface area contributed by atoms with Gasteiger partial charge in [-0.1, -0.05) is 30.3 Å². The number of rotatable bonds is 7. The van der Waals surface area contributed by atoms with E-state index in [1.165, 1.54) is 0 Å². The molecule has 0 radical (unpaired) electrons. The second kappa shape index (κ2) is 12.4. The highest BCUT2D eigenvalue weighted by Gasteiger charge is 2.53. The summed E-state index contributed by atoms with van der Waals surface area (Å²) in [6, 6.07) is 14.0. The van der Waals surface area contributed by atoms with Crippen molar-refractivity contribution in [2.45, 2.75) is 56.2 Å². The number of piperidine rings is 1. The normalized spacial score (nSPS) is 21.5. The summed E-state index contributed by atoms with van der Waals surface area (Å²) < 4.78 is 33.3. The number of methoxy groups -OCH3 is 1. The van der Waals surface area contributed by atoms with Crippen molar-refractivity contribution in [1.29, 1.82) is 0 Å². The van der Waals surface area contributed by atoms with Gasteiger partial charge in [-0.2, -0.15) is 0 Å². The van der Waals surface area contributed by atoms with E-state index in [0.717, 1.165) is 24.4 Å². The van der Waals surface area contributed by atoms with Crippen LogP contribution in [0.25, 0.3) is 0 Å². The van der Waals surface area contributed by atoms with Gasteiger partial charge in [-0.15, -0.1) is 24.8 Å². The van der Waals surface area contributed by atoms with Crippen molar-refractivity contribution in [2.75, 3.05) is 25.9 Å². The average molecular weight is 546 g/mol. The number of nitrogen functional groups attached to an aromatic ring is 1. The summed E-state index contributed by atoms with van der Waals surface area (Å²) in [6.45, 7) is 2.23. The number of ether oxygens (including phenoxy) is 1. The van der Waals surface area contributed by atoms with Crippen molar-refractivity contribution < 1.29 is 23.4 Å². The first-order valence-corrected chi connectivity index (χ1v) is 11.8. The molecule has 200 valence electrons. The zero-order valence-electron chi connectivity index (χ0n) is 20.3. The van der Waals surface area contributed by atoms with Gasteiger partial charge in [0.2, 0.25) is 5.92 Å². The Balaban J connectivity index is 0.00000228. The summed E-state index contributed by atoms with van der Waals surface area (Å²) in [4.78, 5) is 15.6. The number of benzene rings is 2. The number of alkyl halides is 2. The number of carbonyl (C=O) groups excluding carboxylic acids is 1. The number of halogens is 4. The predicted octanol–water partition coefficient (Wildman–Crippen LogP) is 4.52. The Kier molecular flexibility index (Phi) is 10.4. The first kappa shape index (κ1) is 30.1. The van der Waals surface area contributed by atoms with Crippen LogP contribution in [0, 0.1) is 5.92 Å². The Morgan fingerprint density at radius 2 is 1.83 bits per heavy atom. The van der Waals surface area contributed by atoms with Gasteiger partial charge in [0.25, 0.3) is 5.91 Å². The lowest BCUT2D eigenvalue weighted by Crippen LogP contribution is -2.54. The van der Waals surface area contributed by atoms with Gasteiger partial charge in [0.05, 0.1) is 7.11 Å². The van der Waals surface area contributed by atoms with E-state index >= 15 is 0 Å². The minimum absolute atomic E-state index is 0. The van der Waals surface area contributed by atoms with Crippen LogP contribution in [0.2, 0.25) is 0 Å². The Hall–Kier alpha value is -2.13. The third kappa shape index (κ3) is 6.79. The molecule has 1 aliphatic carbocycles. The van der Waals surface area contributed by atoms with Crippen LogP contribution in [0.4, 0.5) is 14.5 Å². The molecule has 10 heteroatoms. The fourth-order valence-electron chi connectivity index (χ4n) is 5.24. The van der Waals surface area contributed by atoms with E-state index in [1.807, 2.05) is 12.1 Å². The number of hydrogen-bond donors (Lipinski definition) is 3. The fourth-order valence-corrected chi connectivity index (χ4v) is 5.24. The molecule has 0 spiro atoms. The maximum Gasteiger partial charge on any atom is 0.257 e. The molecule has 1 amide bonds. The minimum Gasteiger partial charge on any atom is -0.497 e. The molecule has 1 saturated carbocycles. The second-order valence-electron chi connectivity index (χ2n) is 9.57. The number of nitrogens with two attached hydrogens (primary N) is 1. The molecule has 1 aliphatic heterocycles. The molecular formula is C26H35Cl2F2N3O3. The molecule has 6 nitrogen and oxygen atoms in total. The molecule has 4 rings (SSSR count). The van der Waals surface area contributed by atoms with E-state index in [-0.39, 0.29) is 43.7 Å². The number of hydrogen-bond acceptors (Lipinski definition) is 5. The standard InChI is InChI=1S/C26H33F2N3O3.2ClH/c1-34-23-14-18(13-21(29)15-23)17-31-11-8-22(9-12-31)30-24(32)26(33,19-5-3-2-4-6-19)20-7-10-25(27,28)16-20;;/h2-6,13-15,20,22,33H,7-12,16-17,29H2,1H3,(H,30,32);2*1H/t20-,26?;;/m1../s1. The van der Waals surface area contributed by atoms with Crippen molar-refractivity contribution in [3.05, 3.63) is 59.7 Å². The summed E-state index contributed by atoms with van der Waals surface area (Å²) in [5.74, 6) is -3.55. The highest BCUT2D eigenvalue weighted by Crippen LogP contribution is 2.47. The van der Waals surface area contributed by atoms with E-state index in [4.69, 9.17) is 10.5 Å². The molecule has 2 atom stereocenters. The molecule has 1 heterocycles. The van der Waals surface area contributed by atoms with Gasteiger partial charge in [0.15, 0.2) is 5.60 Å². The molecule has 2 aliphatic rings. The lowest BCUT2D eigenvalue weighted by atomic mass is 9.79. The average Bonchev–Trinajstić information content (AvgIpc) is 3.20. The first-order chi connectivity index (χ1) is 16.2. The molecular weight excluding hydrogens is 511 g/mol. The highest BCUT2D eigenvalue weighted by molar-refractivity contribution is 5.87. The molecule has 1 unspecified atom stereocenters. The summed E-state index contributed by atoms with van der Waals surface area (Å²) in [6.07, 6.45) is 0.711. The molecule has 4 N–H and O–H groups in total. The van der Waals surface area contributed by atoms with E-state index in [2.05, 4.69) is 10.2 Å². The van der Waals surface area contributed by atoms with E-state index in [1.54, 1.807) is 43.5 Å². The van der Waals surface area contributed by atoms with Crippen molar-refractivity contribution in [2.24, 2.45) is 5.92 Å². The monoisotopic (exact) mass is 545 g/mol. The number of nitrogens with one attached hydrogen (secondary N) is 1. The van der Waals surface area contributed by atoms with Gasteiger partial charge in [0.1, 0.15) is 5.75 Å². The maximum absolute atomic E-state index is 14.0. The largest absolute Gasteiger partial charge is 0.497 e. The van der Waals surface area contributed by atoms with E-state index in [9.17, 15) is 18.7 Å². The topological polar surface area (TPSA) is 87.8 Å². The molecule has 2 fully saturated rings. The van der Waals surface area contributed by atoms with Gasteiger partial charge in [-0.25, -0.2) is 8.78 Å². The van der Waals surface area contributed by atoms with Crippen LogP contribution in [0.3, 0.4) is 0 Å². The first-order valence-electron chi connectivity index (χ1n) is 11.8. The number of anilines is 1. The number of nitrogens with zero attached hydrogens (tertiary/aromatic N) is 1. The predicted molar refractivity (Wildman–Crippen MR) is 141 cm³/mol. The number of carbonyl (C=O) groups is 1. The quantitative estimate of drug-likeness (QED) is 0.445.